The monoisotopic (exact) mass is 284 g/mol. The fourth-order valence-corrected chi connectivity index (χ4v) is 1.98. The van der Waals surface area contributed by atoms with Crippen LogP contribution in [0.2, 0.25) is 0 Å². The second-order valence-corrected chi connectivity index (χ2v) is 4.35. The smallest absolute Gasteiger partial charge is 0.304 e. The molecule has 1 N–H and O–H groups in total. The van der Waals surface area contributed by atoms with Crippen LogP contribution in [-0.4, -0.2) is 53.2 Å². The van der Waals surface area contributed by atoms with Crippen LogP contribution >= 0.6 is 0 Å². The van der Waals surface area contributed by atoms with E-state index in [9.17, 15) is 19.3 Å². The predicted octanol–water partition coefficient (Wildman–Crippen LogP) is 0.567. The molecule has 108 valence electrons. The molecule has 1 fully saturated rings. The van der Waals surface area contributed by atoms with Crippen LogP contribution < -0.4 is 0 Å². The molecule has 1 aliphatic rings. The van der Waals surface area contributed by atoms with Crippen molar-refractivity contribution in [1.82, 2.24) is 4.90 Å². The van der Waals surface area contributed by atoms with E-state index in [0.29, 0.717) is 6.54 Å². The van der Waals surface area contributed by atoms with Gasteiger partial charge in [-0.1, -0.05) is 0 Å². The molecule has 1 saturated heterocycles. The molecule has 1 aromatic carbocycles. The molecule has 1 unspecified atom stereocenters. The first kappa shape index (κ1) is 14.4. The van der Waals surface area contributed by atoms with Gasteiger partial charge in [0, 0.05) is 24.7 Å². The third kappa shape index (κ3) is 2.91. The maximum Gasteiger partial charge on any atom is 0.304 e. The molecule has 0 radical (unpaired) electrons. The van der Waals surface area contributed by atoms with Gasteiger partial charge < -0.3 is 14.7 Å². The standard InChI is InChI=1S/C12H13FN2O5/c13-10-5-8(1-2-11(10)15(18)19)12(17)14-3-4-20-9(6-14)7-16/h1-2,5,9,16H,3-4,6-7H2. The molecule has 0 saturated carbocycles. The summed E-state index contributed by atoms with van der Waals surface area (Å²) in [5, 5.41) is 19.5. The lowest BCUT2D eigenvalue weighted by Crippen LogP contribution is -2.46. The lowest BCUT2D eigenvalue weighted by molar-refractivity contribution is -0.387. The molecular weight excluding hydrogens is 271 g/mol. The summed E-state index contributed by atoms with van der Waals surface area (Å²) in [5.74, 6) is -1.49. The SMILES string of the molecule is O=C(c1ccc([N+](=O)[O-])c(F)c1)N1CCOC(CO)C1. The fraction of sp³-hybridized carbons (Fsp3) is 0.417. The number of carbonyl (C=O) groups is 1. The summed E-state index contributed by atoms with van der Waals surface area (Å²) < 4.78 is 18.7. The quantitative estimate of drug-likeness (QED) is 0.647. The Morgan fingerprint density at radius 3 is 2.95 bits per heavy atom. The minimum Gasteiger partial charge on any atom is -0.394 e. The molecule has 1 aliphatic heterocycles. The van der Waals surface area contributed by atoms with E-state index in [1.54, 1.807) is 0 Å². The van der Waals surface area contributed by atoms with Gasteiger partial charge in [0.25, 0.3) is 5.91 Å². The molecule has 1 atom stereocenters. The maximum absolute atomic E-state index is 13.5. The highest BCUT2D eigenvalue weighted by atomic mass is 19.1. The number of ether oxygens (including phenoxy) is 1. The topological polar surface area (TPSA) is 92.9 Å². The maximum atomic E-state index is 13.5. The van der Waals surface area contributed by atoms with Crippen LogP contribution in [0.15, 0.2) is 18.2 Å². The summed E-state index contributed by atoms with van der Waals surface area (Å²) >= 11 is 0. The number of nitro groups is 1. The Labute approximate surface area is 113 Å². The van der Waals surface area contributed by atoms with Gasteiger partial charge in [-0.15, -0.1) is 0 Å². The van der Waals surface area contributed by atoms with Gasteiger partial charge in [-0.2, -0.15) is 4.39 Å². The molecular formula is C12H13FN2O5. The zero-order valence-corrected chi connectivity index (χ0v) is 10.5. The number of halogens is 1. The second-order valence-electron chi connectivity index (χ2n) is 4.35. The zero-order chi connectivity index (χ0) is 14.7. The van der Waals surface area contributed by atoms with Gasteiger partial charge in [0.2, 0.25) is 5.82 Å². The lowest BCUT2D eigenvalue weighted by Gasteiger charge is -2.32. The normalized spacial score (nSPS) is 18.9. The van der Waals surface area contributed by atoms with Gasteiger partial charge in [-0.25, -0.2) is 0 Å². The molecule has 0 bridgehead atoms. The number of amides is 1. The number of aliphatic hydroxyl groups is 1. The summed E-state index contributed by atoms with van der Waals surface area (Å²) in [7, 11) is 0. The van der Waals surface area contributed by atoms with E-state index in [-0.39, 0.29) is 25.3 Å². The van der Waals surface area contributed by atoms with Crippen LogP contribution in [0, 0.1) is 15.9 Å². The molecule has 7 nitrogen and oxygen atoms in total. The molecule has 1 aromatic rings. The third-order valence-corrected chi connectivity index (χ3v) is 3.02. The van der Waals surface area contributed by atoms with Crippen molar-refractivity contribution in [2.75, 3.05) is 26.3 Å². The average Bonchev–Trinajstić information content (AvgIpc) is 2.46. The summed E-state index contributed by atoms with van der Waals surface area (Å²) in [5.41, 5.74) is -0.636. The Kier molecular flexibility index (Phi) is 4.26. The molecule has 1 heterocycles. The van der Waals surface area contributed by atoms with Gasteiger partial charge in [-0.05, 0) is 12.1 Å². The van der Waals surface area contributed by atoms with Gasteiger partial charge >= 0.3 is 5.69 Å². The first-order valence-electron chi connectivity index (χ1n) is 5.98. The number of rotatable bonds is 3. The van der Waals surface area contributed by atoms with Crippen LogP contribution in [0.25, 0.3) is 0 Å². The number of benzene rings is 1. The number of morpholine rings is 1. The highest BCUT2D eigenvalue weighted by Gasteiger charge is 2.26. The summed E-state index contributed by atoms with van der Waals surface area (Å²) in [6.45, 7) is 0.604. The Bertz CT molecular complexity index is 537. The zero-order valence-electron chi connectivity index (χ0n) is 10.5. The number of nitrogens with zero attached hydrogens (tertiary/aromatic N) is 2. The van der Waals surface area contributed by atoms with E-state index in [2.05, 4.69) is 0 Å². The van der Waals surface area contributed by atoms with Crippen molar-refractivity contribution in [3.05, 3.63) is 39.7 Å². The Hall–Kier alpha value is -2.06. The largest absolute Gasteiger partial charge is 0.394 e. The van der Waals surface area contributed by atoms with Gasteiger partial charge in [0.15, 0.2) is 0 Å². The van der Waals surface area contributed by atoms with Crippen LogP contribution in [0.3, 0.4) is 0 Å². The van der Waals surface area contributed by atoms with Crippen molar-refractivity contribution in [3.8, 4) is 0 Å². The van der Waals surface area contributed by atoms with Gasteiger partial charge in [0.1, 0.15) is 0 Å². The molecule has 2 rings (SSSR count). The molecule has 0 aliphatic carbocycles. The summed E-state index contributed by atoms with van der Waals surface area (Å²) in [6.07, 6.45) is -0.462. The Balaban J connectivity index is 2.17. The summed E-state index contributed by atoms with van der Waals surface area (Å²) in [4.78, 5) is 23.2. The third-order valence-electron chi connectivity index (χ3n) is 3.02. The average molecular weight is 284 g/mol. The minimum atomic E-state index is -1.05. The Morgan fingerprint density at radius 2 is 2.35 bits per heavy atom. The molecule has 0 aromatic heterocycles. The van der Waals surface area contributed by atoms with E-state index in [0.717, 1.165) is 12.1 Å². The molecule has 0 spiro atoms. The van der Waals surface area contributed by atoms with Crippen molar-refractivity contribution >= 4 is 11.6 Å². The summed E-state index contributed by atoms with van der Waals surface area (Å²) in [6, 6.07) is 3.03. The van der Waals surface area contributed by atoms with Crippen molar-refractivity contribution in [1.29, 1.82) is 0 Å². The van der Waals surface area contributed by atoms with Crippen molar-refractivity contribution in [3.63, 3.8) is 0 Å². The second kappa shape index (κ2) is 5.93. The molecule has 8 heteroatoms. The molecule has 20 heavy (non-hydrogen) atoms. The van der Waals surface area contributed by atoms with Crippen LogP contribution in [0.4, 0.5) is 10.1 Å². The lowest BCUT2D eigenvalue weighted by atomic mass is 10.1. The number of nitro benzene ring substituents is 1. The van der Waals surface area contributed by atoms with E-state index < -0.39 is 28.4 Å². The Morgan fingerprint density at radius 1 is 1.60 bits per heavy atom. The fourth-order valence-electron chi connectivity index (χ4n) is 1.98. The van der Waals surface area contributed by atoms with Crippen LogP contribution in [0.1, 0.15) is 10.4 Å². The minimum absolute atomic E-state index is 0.0340. The number of hydrogen-bond acceptors (Lipinski definition) is 5. The van der Waals surface area contributed by atoms with E-state index in [1.807, 2.05) is 0 Å². The van der Waals surface area contributed by atoms with Gasteiger partial charge in [0.05, 0.1) is 24.2 Å². The van der Waals surface area contributed by atoms with Crippen molar-refractivity contribution in [2.45, 2.75) is 6.10 Å². The van der Waals surface area contributed by atoms with Gasteiger partial charge in [-0.3, -0.25) is 14.9 Å². The van der Waals surface area contributed by atoms with Crippen LogP contribution in [-0.2, 0) is 4.74 Å². The van der Waals surface area contributed by atoms with Crippen LogP contribution in [0.5, 0.6) is 0 Å². The van der Waals surface area contributed by atoms with Crippen molar-refractivity contribution in [2.24, 2.45) is 0 Å². The highest BCUT2D eigenvalue weighted by molar-refractivity contribution is 5.94. The number of hydrogen-bond donors (Lipinski definition) is 1. The first-order chi connectivity index (χ1) is 9.52. The predicted molar refractivity (Wildman–Crippen MR) is 65.8 cm³/mol. The number of carbonyl (C=O) groups excluding carboxylic acids is 1. The first-order valence-corrected chi connectivity index (χ1v) is 5.98. The van der Waals surface area contributed by atoms with E-state index in [1.165, 1.54) is 11.0 Å². The van der Waals surface area contributed by atoms with E-state index in [4.69, 9.17) is 9.84 Å². The van der Waals surface area contributed by atoms with Crippen molar-refractivity contribution < 1.29 is 24.0 Å². The molecule has 1 amide bonds. The number of aliphatic hydroxyl groups excluding tert-OH is 1. The highest BCUT2D eigenvalue weighted by Crippen LogP contribution is 2.19. The van der Waals surface area contributed by atoms with E-state index >= 15 is 0 Å².